The molecule has 1 fully saturated rings. The van der Waals surface area contributed by atoms with Crippen LogP contribution in [-0.4, -0.2) is 34.6 Å². The van der Waals surface area contributed by atoms with Crippen molar-refractivity contribution in [1.29, 1.82) is 0 Å². The van der Waals surface area contributed by atoms with Gasteiger partial charge in [0.15, 0.2) is 0 Å². The normalized spacial score (nSPS) is 17.5. The average molecular weight is 199 g/mol. The van der Waals surface area contributed by atoms with E-state index in [1.165, 1.54) is 0 Å². The highest BCUT2D eigenvalue weighted by Gasteiger charge is 2.18. The summed E-state index contributed by atoms with van der Waals surface area (Å²) in [5.41, 5.74) is -0.634. The van der Waals surface area contributed by atoms with Crippen LogP contribution in [0.15, 0.2) is 0 Å². The summed E-state index contributed by atoms with van der Waals surface area (Å²) < 4.78 is 0. The second-order valence-corrected chi connectivity index (χ2v) is 4.75. The highest BCUT2D eigenvalue weighted by atomic mass is 16.3. The molecule has 0 radical (unpaired) electrons. The summed E-state index contributed by atoms with van der Waals surface area (Å²) in [6, 6.07) is 0. The number of hydrogen-bond donors (Lipinski definition) is 1. The van der Waals surface area contributed by atoms with Gasteiger partial charge in [0, 0.05) is 19.5 Å². The van der Waals surface area contributed by atoms with Crippen LogP contribution in [0.1, 0.15) is 46.0 Å². The molecular formula is C11H21NO2. The summed E-state index contributed by atoms with van der Waals surface area (Å²) in [6.45, 7) is 5.43. The SMILES string of the molecule is CC(C)(O)CCCC(=O)N1CCCC1. The lowest BCUT2D eigenvalue weighted by Gasteiger charge is -2.18. The molecule has 1 heterocycles. The topological polar surface area (TPSA) is 40.5 Å². The number of amides is 1. The molecule has 3 heteroatoms. The van der Waals surface area contributed by atoms with Crippen LogP contribution in [0.4, 0.5) is 0 Å². The van der Waals surface area contributed by atoms with Crippen molar-refractivity contribution in [2.75, 3.05) is 13.1 Å². The van der Waals surface area contributed by atoms with Gasteiger partial charge in [0.05, 0.1) is 5.60 Å². The minimum atomic E-state index is -0.634. The van der Waals surface area contributed by atoms with E-state index in [2.05, 4.69) is 0 Å². The number of rotatable bonds is 4. The average Bonchev–Trinajstić information content (AvgIpc) is 2.53. The van der Waals surface area contributed by atoms with Crippen molar-refractivity contribution in [2.45, 2.75) is 51.6 Å². The zero-order valence-corrected chi connectivity index (χ0v) is 9.25. The Hall–Kier alpha value is -0.570. The van der Waals surface area contributed by atoms with E-state index in [4.69, 9.17) is 0 Å². The standard InChI is InChI=1S/C11H21NO2/c1-11(2,14)7-5-6-10(13)12-8-3-4-9-12/h14H,3-9H2,1-2H3. The van der Waals surface area contributed by atoms with E-state index in [1.807, 2.05) is 4.90 Å². The largest absolute Gasteiger partial charge is 0.390 e. The van der Waals surface area contributed by atoms with E-state index in [0.29, 0.717) is 12.8 Å². The Morgan fingerprint density at radius 3 is 2.43 bits per heavy atom. The molecule has 1 saturated heterocycles. The maximum absolute atomic E-state index is 11.6. The third kappa shape index (κ3) is 4.09. The van der Waals surface area contributed by atoms with Crippen LogP contribution in [-0.2, 0) is 4.79 Å². The molecule has 0 aromatic heterocycles. The molecule has 1 amide bonds. The number of aliphatic hydroxyl groups is 1. The number of nitrogens with zero attached hydrogens (tertiary/aromatic N) is 1. The van der Waals surface area contributed by atoms with Crippen molar-refractivity contribution in [3.63, 3.8) is 0 Å². The summed E-state index contributed by atoms with van der Waals surface area (Å²) in [5.74, 6) is 0.256. The Balaban J connectivity index is 2.15. The third-order valence-corrected chi connectivity index (χ3v) is 2.64. The molecule has 1 rings (SSSR count). The van der Waals surface area contributed by atoms with Gasteiger partial charge in [0.25, 0.3) is 0 Å². The first-order chi connectivity index (χ1) is 6.49. The fourth-order valence-corrected chi connectivity index (χ4v) is 1.80. The molecule has 1 aliphatic rings. The molecule has 0 bridgehead atoms. The molecule has 1 aliphatic heterocycles. The molecule has 0 aromatic rings. The van der Waals surface area contributed by atoms with Crippen LogP contribution in [0.2, 0.25) is 0 Å². The second kappa shape index (κ2) is 4.78. The predicted molar refractivity (Wildman–Crippen MR) is 56.0 cm³/mol. The van der Waals surface area contributed by atoms with Crippen LogP contribution in [0.25, 0.3) is 0 Å². The van der Waals surface area contributed by atoms with E-state index in [0.717, 1.165) is 32.4 Å². The van der Waals surface area contributed by atoms with Crippen molar-refractivity contribution in [3.8, 4) is 0 Å². The molecule has 14 heavy (non-hydrogen) atoms. The summed E-state index contributed by atoms with van der Waals surface area (Å²) in [6.07, 6.45) is 4.38. The molecule has 0 saturated carbocycles. The first kappa shape index (κ1) is 11.5. The Morgan fingerprint density at radius 1 is 1.36 bits per heavy atom. The Bertz CT molecular complexity index is 190. The smallest absolute Gasteiger partial charge is 0.222 e. The van der Waals surface area contributed by atoms with Crippen LogP contribution in [0.5, 0.6) is 0 Å². The van der Waals surface area contributed by atoms with Gasteiger partial charge in [-0.15, -0.1) is 0 Å². The van der Waals surface area contributed by atoms with E-state index < -0.39 is 5.60 Å². The number of carbonyl (C=O) groups is 1. The van der Waals surface area contributed by atoms with Crippen LogP contribution in [0, 0.1) is 0 Å². The van der Waals surface area contributed by atoms with Gasteiger partial charge in [-0.3, -0.25) is 4.79 Å². The lowest BCUT2D eigenvalue weighted by Crippen LogP contribution is -2.28. The van der Waals surface area contributed by atoms with E-state index >= 15 is 0 Å². The number of carbonyl (C=O) groups excluding carboxylic acids is 1. The fraction of sp³-hybridized carbons (Fsp3) is 0.909. The van der Waals surface area contributed by atoms with Crippen LogP contribution >= 0.6 is 0 Å². The fourth-order valence-electron chi connectivity index (χ4n) is 1.80. The second-order valence-electron chi connectivity index (χ2n) is 4.75. The van der Waals surface area contributed by atoms with Gasteiger partial charge in [-0.25, -0.2) is 0 Å². The Kier molecular flexibility index (Phi) is 3.93. The van der Waals surface area contributed by atoms with Gasteiger partial charge in [-0.1, -0.05) is 0 Å². The van der Waals surface area contributed by atoms with E-state index in [-0.39, 0.29) is 5.91 Å². The first-order valence-corrected chi connectivity index (χ1v) is 5.49. The minimum Gasteiger partial charge on any atom is -0.390 e. The zero-order valence-electron chi connectivity index (χ0n) is 9.25. The Labute approximate surface area is 86.1 Å². The lowest BCUT2D eigenvalue weighted by atomic mass is 10.0. The molecule has 0 spiro atoms. The zero-order chi connectivity index (χ0) is 10.6. The molecule has 82 valence electrons. The van der Waals surface area contributed by atoms with Crippen LogP contribution in [0.3, 0.4) is 0 Å². The van der Waals surface area contributed by atoms with Gasteiger partial charge in [0.2, 0.25) is 5.91 Å². The summed E-state index contributed by atoms with van der Waals surface area (Å²) in [4.78, 5) is 13.5. The number of hydrogen-bond acceptors (Lipinski definition) is 2. The number of likely N-dealkylation sites (tertiary alicyclic amines) is 1. The molecule has 1 N–H and O–H groups in total. The highest BCUT2D eigenvalue weighted by molar-refractivity contribution is 5.76. The van der Waals surface area contributed by atoms with E-state index in [1.54, 1.807) is 13.8 Å². The maximum Gasteiger partial charge on any atom is 0.222 e. The van der Waals surface area contributed by atoms with Crippen molar-refractivity contribution in [1.82, 2.24) is 4.90 Å². The molecule has 3 nitrogen and oxygen atoms in total. The van der Waals surface area contributed by atoms with Gasteiger partial charge in [0.1, 0.15) is 0 Å². The predicted octanol–water partition coefficient (Wildman–Crippen LogP) is 1.55. The Morgan fingerprint density at radius 2 is 1.93 bits per heavy atom. The molecule has 0 aromatic carbocycles. The minimum absolute atomic E-state index is 0.256. The molecule has 0 unspecified atom stereocenters. The third-order valence-electron chi connectivity index (χ3n) is 2.64. The van der Waals surface area contributed by atoms with Crippen LogP contribution < -0.4 is 0 Å². The lowest BCUT2D eigenvalue weighted by molar-refractivity contribution is -0.130. The maximum atomic E-state index is 11.6. The molecule has 0 atom stereocenters. The van der Waals surface area contributed by atoms with Gasteiger partial charge in [-0.2, -0.15) is 0 Å². The van der Waals surface area contributed by atoms with Gasteiger partial charge < -0.3 is 10.0 Å². The summed E-state index contributed by atoms with van der Waals surface area (Å²) >= 11 is 0. The summed E-state index contributed by atoms with van der Waals surface area (Å²) in [5, 5.41) is 9.47. The van der Waals surface area contributed by atoms with Crippen molar-refractivity contribution >= 4 is 5.91 Å². The van der Waals surface area contributed by atoms with Crippen molar-refractivity contribution in [2.24, 2.45) is 0 Å². The highest BCUT2D eigenvalue weighted by Crippen LogP contribution is 2.15. The quantitative estimate of drug-likeness (QED) is 0.746. The van der Waals surface area contributed by atoms with Crippen molar-refractivity contribution < 1.29 is 9.90 Å². The van der Waals surface area contributed by atoms with E-state index in [9.17, 15) is 9.90 Å². The van der Waals surface area contributed by atoms with Crippen molar-refractivity contribution in [3.05, 3.63) is 0 Å². The molecular weight excluding hydrogens is 178 g/mol. The van der Waals surface area contributed by atoms with Gasteiger partial charge >= 0.3 is 0 Å². The summed E-state index contributed by atoms with van der Waals surface area (Å²) in [7, 11) is 0. The first-order valence-electron chi connectivity index (χ1n) is 5.49. The van der Waals surface area contributed by atoms with Gasteiger partial charge in [-0.05, 0) is 39.5 Å². The monoisotopic (exact) mass is 199 g/mol. The molecule has 0 aliphatic carbocycles.